The third kappa shape index (κ3) is 3.02. The molecule has 1 heterocycles. The topological polar surface area (TPSA) is 40.9 Å². The summed E-state index contributed by atoms with van der Waals surface area (Å²) >= 11 is 1.48. The van der Waals surface area contributed by atoms with E-state index in [2.05, 4.69) is 6.07 Å². The Labute approximate surface area is 104 Å². The SMILES string of the molecule is N#Cc1ccc(CCC(=O)c2cccs2)cc1. The highest BCUT2D eigenvalue weighted by molar-refractivity contribution is 7.12. The molecule has 0 saturated carbocycles. The summed E-state index contributed by atoms with van der Waals surface area (Å²) < 4.78 is 0. The molecule has 2 rings (SSSR count). The standard InChI is InChI=1S/C14H11NOS/c15-10-12-5-3-11(4-6-12)7-8-13(16)14-2-1-9-17-14/h1-6,9H,7-8H2. The Morgan fingerprint density at radius 1 is 1.24 bits per heavy atom. The molecule has 2 aromatic rings. The molecule has 0 aliphatic rings. The largest absolute Gasteiger partial charge is 0.293 e. The van der Waals surface area contributed by atoms with Crippen LogP contribution in [-0.2, 0) is 6.42 Å². The number of nitrogens with zero attached hydrogens (tertiary/aromatic N) is 1. The van der Waals surface area contributed by atoms with Gasteiger partial charge in [0.15, 0.2) is 5.78 Å². The summed E-state index contributed by atoms with van der Waals surface area (Å²) in [5.74, 6) is 0.185. The van der Waals surface area contributed by atoms with Gasteiger partial charge < -0.3 is 0 Å². The van der Waals surface area contributed by atoms with Crippen molar-refractivity contribution in [3.8, 4) is 6.07 Å². The van der Waals surface area contributed by atoms with Gasteiger partial charge in [0.25, 0.3) is 0 Å². The second-order valence-electron chi connectivity index (χ2n) is 3.71. The molecular formula is C14H11NOS. The Hall–Kier alpha value is -1.92. The molecule has 0 amide bonds. The van der Waals surface area contributed by atoms with E-state index in [0.717, 1.165) is 16.9 Å². The van der Waals surface area contributed by atoms with Gasteiger partial charge in [0.2, 0.25) is 0 Å². The van der Waals surface area contributed by atoms with Crippen LogP contribution in [0, 0.1) is 11.3 Å². The fourth-order valence-electron chi connectivity index (χ4n) is 1.56. The van der Waals surface area contributed by atoms with Gasteiger partial charge in [0.05, 0.1) is 16.5 Å². The molecule has 3 heteroatoms. The molecule has 0 aliphatic heterocycles. The van der Waals surface area contributed by atoms with Crippen molar-refractivity contribution >= 4 is 17.1 Å². The van der Waals surface area contributed by atoms with Crippen LogP contribution in [0.1, 0.15) is 27.2 Å². The van der Waals surface area contributed by atoms with Crippen molar-refractivity contribution in [2.45, 2.75) is 12.8 Å². The molecule has 0 radical (unpaired) electrons. The second-order valence-corrected chi connectivity index (χ2v) is 4.66. The maximum Gasteiger partial charge on any atom is 0.173 e. The fraction of sp³-hybridized carbons (Fsp3) is 0.143. The van der Waals surface area contributed by atoms with E-state index >= 15 is 0 Å². The molecule has 0 spiro atoms. The van der Waals surface area contributed by atoms with Crippen molar-refractivity contribution < 1.29 is 4.79 Å². The fourth-order valence-corrected chi connectivity index (χ4v) is 2.26. The molecule has 1 aromatic carbocycles. The lowest BCUT2D eigenvalue weighted by Gasteiger charge is -2.00. The molecule has 0 bridgehead atoms. The Morgan fingerprint density at radius 3 is 2.59 bits per heavy atom. The van der Waals surface area contributed by atoms with Gasteiger partial charge in [-0.05, 0) is 35.6 Å². The van der Waals surface area contributed by atoms with Crippen molar-refractivity contribution in [2.24, 2.45) is 0 Å². The van der Waals surface area contributed by atoms with E-state index in [1.54, 1.807) is 12.1 Å². The number of rotatable bonds is 4. The zero-order valence-corrected chi connectivity index (χ0v) is 10.0. The number of ketones is 1. The number of hydrogen-bond acceptors (Lipinski definition) is 3. The van der Waals surface area contributed by atoms with E-state index in [-0.39, 0.29) is 5.78 Å². The lowest BCUT2D eigenvalue weighted by molar-refractivity contribution is 0.0987. The Bertz CT molecular complexity index is 535. The summed E-state index contributed by atoms with van der Waals surface area (Å²) in [6.45, 7) is 0. The zero-order chi connectivity index (χ0) is 12.1. The third-order valence-electron chi connectivity index (χ3n) is 2.52. The Balaban J connectivity index is 1.94. The zero-order valence-electron chi connectivity index (χ0n) is 9.22. The van der Waals surface area contributed by atoms with Gasteiger partial charge in [0, 0.05) is 6.42 Å². The van der Waals surface area contributed by atoms with Crippen LogP contribution in [0.5, 0.6) is 0 Å². The number of thiophene rings is 1. The molecular weight excluding hydrogens is 230 g/mol. The molecule has 2 nitrogen and oxygen atoms in total. The number of aryl methyl sites for hydroxylation is 1. The van der Waals surface area contributed by atoms with Gasteiger partial charge in [0.1, 0.15) is 0 Å². The number of carbonyl (C=O) groups is 1. The van der Waals surface area contributed by atoms with Crippen LogP contribution in [0.15, 0.2) is 41.8 Å². The molecule has 0 aliphatic carbocycles. The van der Waals surface area contributed by atoms with Gasteiger partial charge in [-0.25, -0.2) is 0 Å². The minimum atomic E-state index is 0.185. The molecule has 0 saturated heterocycles. The van der Waals surface area contributed by atoms with Crippen LogP contribution in [0.2, 0.25) is 0 Å². The minimum absolute atomic E-state index is 0.185. The summed E-state index contributed by atoms with van der Waals surface area (Å²) in [5.41, 5.74) is 1.74. The maximum atomic E-state index is 11.8. The predicted molar refractivity (Wildman–Crippen MR) is 68.1 cm³/mol. The van der Waals surface area contributed by atoms with E-state index in [1.165, 1.54) is 11.3 Å². The molecule has 17 heavy (non-hydrogen) atoms. The Kier molecular flexibility index (Phi) is 3.69. The van der Waals surface area contributed by atoms with E-state index < -0.39 is 0 Å². The average Bonchev–Trinajstić information content (AvgIpc) is 2.90. The number of Topliss-reactive ketones (excluding diaryl/α,β-unsaturated/α-hetero) is 1. The summed E-state index contributed by atoms with van der Waals surface area (Å²) in [4.78, 5) is 12.6. The summed E-state index contributed by atoms with van der Waals surface area (Å²) in [6, 6.07) is 13.2. The molecule has 0 atom stereocenters. The van der Waals surface area contributed by atoms with Crippen LogP contribution in [-0.4, -0.2) is 5.78 Å². The van der Waals surface area contributed by atoms with Crippen LogP contribution >= 0.6 is 11.3 Å². The average molecular weight is 241 g/mol. The Morgan fingerprint density at radius 2 is 2.00 bits per heavy atom. The van der Waals surface area contributed by atoms with Gasteiger partial charge in [-0.15, -0.1) is 11.3 Å². The van der Waals surface area contributed by atoms with E-state index in [9.17, 15) is 4.79 Å². The molecule has 1 aromatic heterocycles. The minimum Gasteiger partial charge on any atom is -0.293 e. The normalized spacial score (nSPS) is 9.82. The number of carbonyl (C=O) groups excluding carboxylic acids is 1. The first-order valence-corrected chi connectivity index (χ1v) is 6.23. The summed E-state index contributed by atoms with van der Waals surface area (Å²) in [5, 5.41) is 10.6. The van der Waals surface area contributed by atoms with Crippen molar-refractivity contribution in [3.63, 3.8) is 0 Å². The van der Waals surface area contributed by atoms with E-state index in [0.29, 0.717) is 12.0 Å². The van der Waals surface area contributed by atoms with Crippen LogP contribution < -0.4 is 0 Å². The molecule has 0 unspecified atom stereocenters. The summed E-state index contributed by atoms with van der Waals surface area (Å²) in [6.07, 6.45) is 1.24. The third-order valence-corrected chi connectivity index (χ3v) is 3.43. The van der Waals surface area contributed by atoms with Crippen molar-refractivity contribution in [3.05, 3.63) is 57.8 Å². The highest BCUT2D eigenvalue weighted by Crippen LogP contribution is 2.13. The number of benzene rings is 1. The molecule has 0 fully saturated rings. The highest BCUT2D eigenvalue weighted by Gasteiger charge is 2.06. The van der Waals surface area contributed by atoms with Crippen LogP contribution in [0.3, 0.4) is 0 Å². The smallest absolute Gasteiger partial charge is 0.173 e. The van der Waals surface area contributed by atoms with Crippen LogP contribution in [0.25, 0.3) is 0 Å². The first-order valence-electron chi connectivity index (χ1n) is 5.35. The van der Waals surface area contributed by atoms with Gasteiger partial charge in [-0.2, -0.15) is 5.26 Å². The highest BCUT2D eigenvalue weighted by atomic mass is 32.1. The summed E-state index contributed by atoms with van der Waals surface area (Å²) in [7, 11) is 0. The number of nitriles is 1. The van der Waals surface area contributed by atoms with Crippen molar-refractivity contribution in [2.75, 3.05) is 0 Å². The molecule has 84 valence electrons. The number of hydrogen-bond donors (Lipinski definition) is 0. The van der Waals surface area contributed by atoms with Gasteiger partial charge >= 0.3 is 0 Å². The van der Waals surface area contributed by atoms with E-state index in [1.807, 2.05) is 29.6 Å². The first-order chi connectivity index (χ1) is 8.29. The lowest BCUT2D eigenvalue weighted by Crippen LogP contribution is -1.98. The van der Waals surface area contributed by atoms with Gasteiger partial charge in [-0.3, -0.25) is 4.79 Å². The van der Waals surface area contributed by atoms with Crippen molar-refractivity contribution in [1.82, 2.24) is 0 Å². The van der Waals surface area contributed by atoms with Crippen molar-refractivity contribution in [1.29, 1.82) is 5.26 Å². The quantitative estimate of drug-likeness (QED) is 0.769. The van der Waals surface area contributed by atoms with Gasteiger partial charge in [-0.1, -0.05) is 18.2 Å². The van der Waals surface area contributed by atoms with E-state index in [4.69, 9.17) is 5.26 Å². The lowest BCUT2D eigenvalue weighted by atomic mass is 10.1. The second kappa shape index (κ2) is 5.42. The predicted octanol–water partition coefficient (Wildman–Crippen LogP) is 3.44. The first kappa shape index (κ1) is 11.6. The van der Waals surface area contributed by atoms with Crippen LogP contribution in [0.4, 0.5) is 0 Å². The maximum absolute atomic E-state index is 11.8. The monoisotopic (exact) mass is 241 g/mol. The molecule has 0 N–H and O–H groups in total.